The number of ether oxygens (including phenoxy) is 1. The van der Waals surface area contributed by atoms with Crippen molar-refractivity contribution < 1.29 is 4.74 Å². The lowest BCUT2D eigenvalue weighted by Gasteiger charge is -2.35. The number of benzene rings is 1. The van der Waals surface area contributed by atoms with Crippen molar-refractivity contribution in [3.8, 4) is 5.75 Å². The third kappa shape index (κ3) is 2.89. The average molecular weight is 312 g/mol. The summed E-state index contributed by atoms with van der Waals surface area (Å²) < 4.78 is 7.26. The Labute approximate surface area is 118 Å². The van der Waals surface area contributed by atoms with Gasteiger partial charge in [0.05, 0.1) is 0 Å². The van der Waals surface area contributed by atoms with Crippen molar-refractivity contribution in [3.05, 3.63) is 28.2 Å². The summed E-state index contributed by atoms with van der Waals surface area (Å²) in [5.41, 5.74) is 1.29. The van der Waals surface area contributed by atoms with Crippen LogP contribution in [0.3, 0.4) is 0 Å². The molecule has 3 unspecified atom stereocenters. The maximum atomic E-state index is 6.17. The molecule has 1 aliphatic rings. The molecule has 2 nitrogen and oxygen atoms in total. The Morgan fingerprint density at radius 2 is 2.22 bits per heavy atom. The zero-order chi connectivity index (χ0) is 13.1. The summed E-state index contributed by atoms with van der Waals surface area (Å²) in [6, 6.07) is 6.77. The van der Waals surface area contributed by atoms with Gasteiger partial charge in [-0.05, 0) is 24.6 Å². The van der Waals surface area contributed by atoms with E-state index >= 15 is 0 Å². The lowest BCUT2D eigenvalue weighted by atomic mass is 9.89. The number of halogens is 1. The second-order valence-corrected chi connectivity index (χ2v) is 5.99. The standard InChI is InChI=1S/C15H22BrNO/c1-4-10(3)14-9-13(17-5-2)12-7-6-11(16)8-15(12)18-14/h6-8,10,13-14,17H,4-5,9H2,1-3H3. The normalized spacial score (nSPS) is 24.2. The summed E-state index contributed by atoms with van der Waals surface area (Å²) in [4.78, 5) is 0. The van der Waals surface area contributed by atoms with Gasteiger partial charge in [0.25, 0.3) is 0 Å². The molecule has 0 fully saturated rings. The molecule has 3 atom stereocenters. The maximum Gasteiger partial charge on any atom is 0.125 e. The molecule has 1 aromatic rings. The average Bonchev–Trinajstić information content (AvgIpc) is 2.37. The molecule has 0 bridgehead atoms. The smallest absolute Gasteiger partial charge is 0.125 e. The fourth-order valence-corrected chi connectivity index (χ4v) is 2.86. The van der Waals surface area contributed by atoms with E-state index in [9.17, 15) is 0 Å². The molecule has 1 aromatic carbocycles. The summed E-state index contributed by atoms with van der Waals surface area (Å²) in [6.07, 6.45) is 2.55. The molecule has 0 spiro atoms. The van der Waals surface area contributed by atoms with Gasteiger partial charge in [0.2, 0.25) is 0 Å². The maximum absolute atomic E-state index is 6.17. The van der Waals surface area contributed by atoms with Crippen LogP contribution in [-0.2, 0) is 0 Å². The van der Waals surface area contributed by atoms with Gasteiger partial charge in [0.15, 0.2) is 0 Å². The summed E-state index contributed by atoms with van der Waals surface area (Å²) in [7, 11) is 0. The molecule has 0 saturated heterocycles. The minimum absolute atomic E-state index is 0.320. The Bertz CT molecular complexity index is 407. The molecule has 3 heteroatoms. The number of hydrogen-bond donors (Lipinski definition) is 1. The summed E-state index contributed by atoms with van der Waals surface area (Å²) in [6.45, 7) is 7.66. The zero-order valence-electron chi connectivity index (χ0n) is 11.4. The Morgan fingerprint density at radius 1 is 1.44 bits per heavy atom. The monoisotopic (exact) mass is 311 g/mol. The first-order chi connectivity index (χ1) is 8.65. The van der Waals surface area contributed by atoms with Crippen LogP contribution in [-0.4, -0.2) is 12.6 Å². The largest absolute Gasteiger partial charge is 0.490 e. The van der Waals surface area contributed by atoms with E-state index in [4.69, 9.17) is 4.74 Å². The fraction of sp³-hybridized carbons (Fsp3) is 0.600. The molecule has 0 radical (unpaired) electrons. The van der Waals surface area contributed by atoms with E-state index in [0.29, 0.717) is 18.1 Å². The van der Waals surface area contributed by atoms with E-state index in [-0.39, 0.29) is 0 Å². The Balaban J connectivity index is 2.28. The van der Waals surface area contributed by atoms with Crippen molar-refractivity contribution >= 4 is 15.9 Å². The zero-order valence-corrected chi connectivity index (χ0v) is 13.0. The second kappa shape index (κ2) is 6.07. The molecular weight excluding hydrogens is 290 g/mol. The molecule has 18 heavy (non-hydrogen) atoms. The van der Waals surface area contributed by atoms with E-state index in [1.54, 1.807) is 0 Å². The predicted molar refractivity (Wildman–Crippen MR) is 79.0 cm³/mol. The lowest BCUT2D eigenvalue weighted by Crippen LogP contribution is -2.36. The quantitative estimate of drug-likeness (QED) is 0.895. The van der Waals surface area contributed by atoms with Crippen LogP contribution >= 0.6 is 15.9 Å². The third-order valence-corrected chi connectivity index (χ3v) is 4.32. The molecule has 1 heterocycles. The number of rotatable bonds is 4. The van der Waals surface area contributed by atoms with Gasteiger partial charge in [0, 0.05) is 22.5 Å². The Morgan fingerprint density at radius 3 is 2.89 bits per heavy atom. The first-order valence-electron chi connectivity index (χ1n) is 6.85. The Hall–Kier alpha value is -0.540. The van der Waals surface area contributed by atoms with E-state index in [2.05, 4.69) is 60.2 Å². The fourth-order valence-electron chi connectivity index (χ4n) is 2.52. The third-order valence-electron chi connectivity index (χ3n) is 3.83. The van der Waals surface area contributed by atoms with E-state index in [1.807, 2.05) is 0 Å². The summed E-state index contributed by atoms with van der Waals surface area (Å²) >= 11 is 3.52. The van der Waals surface area contributed by atoms with Gasteiger partial charge in [-0.3, -0.25) is 0 Å². The molecule has 0 saturated carbocycles. The van der Waals surface area contributed by atoms with Gasteiger partial charge < -0.3 is 10.1 Å². The van der Waals surface area contributed by atoms with Crippen molar-refractivity contribution in [3.63, 3.8) is 0 Å². The van der Waals surface area contributed by atoms with Gasteiger partial charge in [-0.25, -0.2) is 0 Å². The van der Waals surface area contributed by atoms with Crippen molar-refractivity contribution in [2.45, 2.75) is 45.8 Å². The highest BCUT2D eigenvalue weighted by atomic mass is 79.9. The molecule has 1 aliphatic heterocycles. The highest BCUT2D eigenvalue weighted by Crippen LogP contribution is 2.38. The van der Waals surface area contributed by atoms with Crippen LogP contribution in [0.4, 0.5) is 0 Å². The Kier molecular flexibility index (Phi) is 4.68. The molecule has 1 N–H and O–H groups in total. The highest BCUT2D eigenvalue weighted by Gasteiger charge is 2.30. The van der Waals surface area contributed by atoms with E-state index in [1.165, 1.54) is 5.56 Å². The van der Waals surface area contributed by atoms with Crippen molar-refractivity contribution in [2.75, 3.05) is 6.54 Å². The summed E-state index contributed by atoms with van der Waals surface area (Å²) in [5.74, 6) is 1.63. The lowest BCUT2D eigenvalue weighted by molar-refractivity contribution is 0.0983. The van der Waals surface area contributed by atoms with E-state index < -0.39 is 0 Å². The van der Waals surface area contributed by atoms with Gasteiger partial charge in [-0.2, -0.15) is 0 Å². The second-order valence-electron chi connectivity index (χ2n) is 5.07. The molecule has 100 valence electrons. The minimum atomic E-state index is 0.320. The molecule has 2 rings (SSSR count). The highest BCUT2D eigenvalue weighted by molar-refractivity contribution is 9.10. The first-order valence-corrected chi connectivity index (χ1v) is 7.64. The van der Waals surface area contributed by atoms with Crippen LogP contribution in [0.1, 0.15) is 45.2 Å². The molecule has 0 aliphatic carbocycles. The molecule has 0 aromatic heterocycles. The van der Waals surface area contributed by atoms with Gasteiger partial charge >= 0.3 is 0 Å². The minimum Gasteiger partial charge on any atom is -0.490 e. The van der Waals surface area contributed by atoms with E-state index in [0.717, 1.165) is 29.6 Å². The van der Waals surface area contributed by atoms with Gasteiger partial charge in [0.1, 0.15) is 11.9 Å². The van der Waals surface area contributed by atoms with Crippen molar-refractivity contribution in [1.29, 1.82) is 0 Å². The van der Waals surface area contributed by atoms with Crippen molar-refractivity contribution in [2.24, 2.45) is 5.92 Å². The molecule has 0 amide bonds. The SMILES string of the molecule is CCNC1CC(C(C)CC)Oc2cc(Br)ccc21. The number of hydrogen-bond acceptors (Lipinski definition) is 2. The van der Waals surface area contributed by atoms with Gasteiger partial charge in [-0.15, -0.1) is 0 Å². The summed E-state index contributed by atoms with van der Waals surface area (Å²) in [5, 5.41) is 3.57. The van der Waals surface area contributed by atoms with Crippen LogP contribution in [0.2, 0.25) is 0 Å². The predicted octanol–water partition coefficient (Wildman–Crippen LogP) is 4.30. The van der Waals surface area contributed by atoms with Crippen LogP contribution in [0.15, 0.2) is 22.7 Å². The topological polar surface area (TPSA) is 21.3 Å². The van der Waals surface area contributed by atoms with Gasteiger partial charge in [-0.1, -0.05) is 49.2 Å². The first kappa shape index (κ1) is 13.9. The van der Waals surface area contributed by atoms with Crippen LogP contribution in [0.5, 0.6) is 5.75 Å². The van der Waals surface area contributed by atoms with Crippen LogP contribution in [0.25, 0.3) is 0 Å². The van der Waals surface area contributed by atoms with Crippen LogP contribution < -0.4 is 10.1 Å². The van der Waals surface area contributed by atoms with Crippen molar-refractivity contribution in [1.82, 2.24) is 5.32 Å². The number of nitrogens with one attached hydrogen (secondary N) is 1. The van der Waals surface area contributed by atoms with Crippen LogP contribution in [0, 0.1) is 5.92 Å². The number of fused-ring (bicyclic) bond motifs is 1. The molecular formula is C15H22BrNO.